The van der Waals surface area contributed by atoms with Gasteiger partial charge in [0.25, 0.3) is 14.1 Å². The molecule has 3 heterocycles. The fourth-order valence-corrected chi connectivity index (χ4v) is 10.7. The first-order valence-electron chi connectivity index (χ1n) is 25.7. The molecule has 11 nitrogen and oxygen atoms in total. The highest BCUT2D eigenvalue weighted by Crippen LogP contribution is 2.50. The molecule has 0 N–H and O–H groups in total. The summed E-state index contributed by atoms with van der Waals surface area (Å²) in [5.74, 6) is -0.816. The fraction of sp³-hybridized carbons (Fsp3) is 0.792. The lowest BCUT2D eigenvalue weighted by atomic mass is 9.98. The van der Waals surface area contributed by atoms with Crippen LogP contribution in [0.3, 0.4) is 0 Å². The molecule has 2 aliphatic heterocycles. The van der Waals surface area contributed by atoms with E-state index < -0.39 is 44.5 Å². The molecule has 12 heteroatoms. The fourth-order valence-electron chi connectivity index (χ4n) is 9.06. The first kappa shape index (κ1) is 56.9. The molecular formula is C53H91N4O7P. The van der Waals surface area contributed by atoms with E-state index in [1.165, 1.54) is 79.9 Å². The number of nitriles is 1. The van der Waals surface area contributed by atoms with Crippen molar-refractivity contribution in [3.8, 4) is 6.07 Å². The molecule has 2 saturated heterocycles. The van der Waals surface area contributed by atoms with Gasteiger partial charge in [-0.2, -0.15) is 5.26 Å². The van der Waals surface area contributed by atoms with Crippen LogP contribution in [-0.2, 0) is 29.8 Å². The summed E-state index contributed by atoms with van der Waals surface area (Å²) < 4.78 is 39.3. The van der Waals surface area contributed by atoms with Gasteiger partial charge in [0, 0.05) is 43.2 Å². The van der Waals surface area contributed by atoms with Crippen LogP contribution in [0.4, 0.5) is 0 Å². The molecule has 65 heavy (non-hydrogen) atoms. The second-order valence-corrected chi connectivity index (χ2v) is 21.1. The van der Waals surface area contributed by atoms with Crippen LogP contribution < -0.4 is 11.2 Å². The Morgan fingerprint density at radius 3 is 1.89 bits per heavy atom. The molecule has 1 unspecified atom stereocenters. The Morgan fingerprint density at radius 2 is 1.34 bits per heavy atom. The molecule has 5 atom stereocenters. The van der Waals surface area contributed by atoms with E-state index in [1.54, 1.807) is 17.7 Å². The van der Waals surface area contributed by atoms with E-state index in [4.69, 9.17) is 23.3 Å². The quantitative estimate of drug-likeness (QED) is 0.0378. The number of unbranched alkanes of at least 4 members (excludes halogenated alkanes) is 12. The highest BCUT2D eigenvalue weighted by atomic mass is 31.2. The Morgan fingerprint density at radius 1 is 0.800 bits per heavy atom. The highest BCUT2D eigenvalue weighted by Gasteiger charge is 2.59. The Balaban J connectivity index is 1.97. The number of hydrogen-bond donors (Lipinski definition) is 0. The average Bonchev–Trinajstić information content (AvgIpc) is 3.78. The van der Waals surface area contributed by atoms with E-state index in [-0.39, 0.29) is 43.8 Å². The summed E-state index contributed by atoms with van der Waals surface area (Å²) >= 11 is 0. The summed E-state index contributed by atoms with van der Waals surface area (Å²) in [5.41, 5.74) is 3.56. The van der Waals surface area contributed by atoms with Gasteiger partial charge in [-0.1, -0.05) is 126 Å². The lowest BCUT2D eigenvalue weighted by Crippen LogP contribution is -2.44. The second kappa shape index (κ2) is 30.9. The average molecular weight is 927 g/mol. The smallest absolute Gasteiger partial charge is 0.333 e. The van der Waals surface area contributed by atoms with Crippen molar-refractivity contribution in [3.05, 3.63) is 67.5 Å². The number of fused-ring (bicyclic) bond motifs is 1. The topological polar surface area (TPSA) is 117 Å². The van der Waals surface area contributed by atoms with Gasteiger partial charge in [-0.15, -0.1) is 0 Å². The number of allylic oxidation sites excluding steroid dienone is 6. The monoisotopic (exact) mass is 927 g/mol. The number of ether oxygens (including phenoxy) is 3. The zero-order valence-corrected chi connectivity index (χ0v) is 43.7. The van der Waals surface area contributed by atoms with Crippen molar-refractivity contribution < 1.29 is 23.3 Å². The molecule has 0 bridgehead atoms. The molecule has 0 amide bonds. The minimum absolute atomic E-state index is 0.134. The minimum Gasteiger partial charge on any atom is -0.346 e. The molecule has 0 spiro atoms. The van der Waals surface area contributed by atoms with E-state index >= 15 is 0 Å². The van der Waals surface area contributed by atoms with E-state index in [9.17, 15) is 14.9 Å². The summed E-state index contributed by atoms with van der Waals surface area (Å²) in [7, 11) is -1.54. The van der Waals surface area contributed by atoms with Gasteiger partial charge in [0.05, 0.1) is 25.7 Å². The van der Waals surface area contributed by atoms with Crippen LogP contribution in [0.15, 0.2) is 50.7 Å². The predicted octanol–water partition coefficient (Wildman–Crippen LogP) is 13.7. The van der Waals surface area contributed by atoms with Gasteiger partial charge in [0.2, 0.25) is 0 Å². The van der Waals surface area contributed by atoms with Gasteiger partial charge in [-0.25, -0.2) is 9.46 Å². The third-order valence-electron chi connectivity index (χ3n) is 12.7. The molecule has 3 rings (SSSR count). The molecule has 0 radical (unpaired) electrons. The molecule has 370 valence electrons. The van der Waals surface area contributed by atoms with Crippen molar-refractivity contribution >= 4 is 8.53 Å². The van der Waals surface area contributed by atoms with Gasteiger partial charge in [-0.3, -0.25) is 13.9 Å². The largest absolute Gasteiger partial charge is 0.346 e. The summed E-state index contributed by atoms with van der Waals surface area (Å²) in [5, 5.41) is 9.32. The molecule has 1 aromatic heterocycles. The number of rotatable bonds is 34. The Hall–Kier alpha value is -2.42. The summed E-state index contributed by atoms with van der Waals surface area (Å²) in [6, 6.07) is 2.46. The zero-order chi connectivity index (χ0) is 47.8. The van der Waals surface area contributed by atoms with Crippen molar-refractivity contribution in [2.75, 3.05) is 13.2 Å². The summed E-state index contributed by atoms with van der Waals surface area (Å²) in [6.45, 7) is 23.8. The third-order valence-corrected chi connectivity index (χ3v) is 14.8. The van der Waals surface area contributed by atoms with Crippen molar-refractivity contribution in [1.29, 1.82) is 5.26 Å². The number of hydrogen-bond acceptors (Lipinski definition) is 9. The molecule has 0 saturated carbocycles. The second-order valence-electron chi connectivity index (χ2n) is 19.6. The van der Waals surface area contributed by atoms with Crippen molar-refractivity contribution in [1.82, 2.24) is 13.8 Å². The molecule has 0 aromatic carbocycles. The van der Waals surface area contributed by atoms with E-state index in [0.717, 1.165) is 69.8 Å². The van der Waals surface area contributed by atoms with Gasteiger partial charge >= 0.3 is 5.69 Å². The molecule has 1 aromatic rings. The Kier molecular flexibility index (Phi) is 27.0. The number of aryl methyl sites for hydroxylation is 1. The van der Waals surface area contributed by atoms with Gasteiger partial charge in [0.15, 0.2) is 12.0 Å². The molecule has 0 aliphatic carbocycles. The highest BCUT2D eigenvalue weighted by molar-refractivity contribution is 7.44. The van der Waals surface area contributed by atoms with Crippen molar-refractivity contribution in [2.45, 2.75) is 260 Å². The Labute approximate surface area is 396 Å². The van der Waals surface area contributed by atoms with Gasteiger partial charge in [0.1, 0.15) is 18.3 Å². The predicted molar refractivity (Wildman–Crippen MR) is 268 cm³/mol. The maximum absolute atomic E-state index is 14.6. The normalized spacial score (nSPS) is 20.3. The van der Waals surface area contributed by atoms with E-state index in [2.05, 4.69) is 92.1 Å². The van der Waals surface area contributed by atoms with Crippen LogP contribution in [0.25, 0.3) is 0 Å². The summed E-state index contributed by atoms with van der Waals surface area (Å²) in [4.78, 5) is 28.3. The zero-order valence-electron chi connectivity index (χ0n) is 42.8. The SMILES string of the molecule is CCCCCCCCCC1(CCCCCCCCC)O[C@@H]2[C@H](O1)[C@@H](COP(OCCC#N)N(C(C)C)C(C)C)O[C@H]2n1cc(C)c(=O)n(C/C=C(\C)CC/C=C(\C)CCC=C(C)C)c1=O. The van der Waals surface area contributed by atoms with Crippen molar-refractivity contribution in [2.24, 2.45) is 0 Å². The number of nitrogens with zero attached hydrogens (tertiary/aromatic N) is 4. The van der Waals surface area contributed by atoms with Crippen LogP contribution in [0.1, 0.15) is 216 Å². The molecule has 2 aliphatic rings. The maximum atomic E-state index is 14.6. The van der Waals surface area contributed by atoms with Crippen LogP contribution >= 0.6 is 8.53 Å². The number of aromatic nitrogens is 2. The summed E-state index contributed by atoms with van der Waals surface area (Å²) in [6.07, 6.45) is 28.0. The minimum atomic E-state index is -1.54. The van der Waals surface area contributed by atoms with Gasteiger partial charge in [-0.05, 0) is 101 Å². The molecule has 2 fully saturated rings. The van der Waals surface area contributed by atoms with Crippen LogP contribution in [-0.4, -0.2) is 63.2 Å². The Bertz CT molecular complexity index is 1750. The van der Waals surface area contributed by atoms with Crippen molar-refractivity contribution in [3.63, 3.8) is 0 Å². The first-order chi connectivity index (χ1) is 31.2. The maximum Gasteiger partial charge on any atom is 0.333 e. The lowest BCUT2D eigenvalue weighted by molar-refractivity contribution is -0.227. The van der Waals surface area contributed by atoms with Crippen LogP contribution in [0, 0.1) is 18.3 Å². The third kappa shape index (κ3) is 19.2. The van der Waals surface area contributed by atoms with E-state index in [1.807, 2.05) is 6.08 Å². The lowest BCUT2D eigenvalue weighted by Gasteiger charge is -2.36. The standard InChI is InChI=1S/C53H91N4O7P/c1-12-14-16-18-20-22-24-34-53(35-25-23-21-19-17-15-13-2)63-48-47(40-61-65(60-38-28-36-54)57(42(5)6)43(7)8)62-51(49(48)64-53)56-39-46(11)50(58)55(52(56)59)37-33-45(10)32-27-31-44(9)30-26-29-41(3)4/h29,31,33,39,42-43,47-49,51H,12-28,30,32,34-35,37-38,40H2,1-11H3/b44-31+,45-33+/t47-,48-,49-,51-,65?/m1/s1. The first-order valence-corrected chi connectivity index (χ1v) is 26.8. The van der Waals surface area contributed by atoms with Crippen LogP contribution in [0.5, 0.6) is 0 Å². The van der Waals surface area contributed by atoms with Crippen LogP contribution in [0.2, 0.25) is 0 Å². The van der Waals surface area contributed by atoms with E-state index in [0.29, 0.717) is 5.56 Å². The van der Waals surface area contributed by atoms with Gasteiger partial charge < -0.3 is 23.3 Å². The molecular weight excluding hydrogens is 836 g/mol.